The zero-order valence-electron chi connectivity index (χ0n) is 9.82. The van der Waals surface area contributed by atoms with E-state index in [0.29, 0.717) is 0 Å². The highest BCUT2D eigenvalue weighted by molar-refractivity contribution is 5.69. The molecule has 0 saturated heterocycles. The molecule has 0 aromatic heterocycles. The van der Waals surface area contributed by atoms with Gasteiger partial charge < -0.3 is 5.73 Å². The number of nitrogens with two attached hydrogens (primary N) is 1. The molecule has 2 N–H and O–H groups in total. The molecule has 1 aromatic carbocycles. The Morgan fingerprint density at radius 2 is 2.25 bits per heavy atom. The first-order valence-corrected chi connectivity index (χ1v) is 5.60. The summed E-state index contributed by atoms with van der Waals surface area (Å²) < 4.78 is 0. The second-order valence-electron chi connectivity index (χ2n) is 3.62. The molecule has 0 aliphatic heterocycles. The van der Waals surface area contributed by atoms with Crippen molar-refractivity contribution in [2.45, 2.75) is 19.8 Å². The number of allylic oxidation sites excluding steroid dienone is 5. The Hall–Kier alpha value is -1.76. The second-order valence-corrected chi connectivity index (χ2v) is 3.62. The van der Waals surface area contributed by atoms with Gasteiger partial charge >= 0.3 is 0 Å². The van der Waals surface area contributed by atoms with Gasteiger partial charge in [0.1, 0.15) is 0 Å². The molecule has 0 saturated carbocycles. The molecular formula is C15H19N. The van der Waals surface area contributed by atoms with Crippen molar-refractivity contribution in [1.82, 2.24) is 0 Å². The van der Waals surface area contributed by atoms with Crippen molar-refractivity contribution in [1.29, 1.82) is 0 Å². The lowest BCUT2D eigenvalue weighted by Gasteiger charge is -2.04. The first-order valence-electron chi connectivity index (χ1n) is 5.60. The fourth-order valence-electron chi connectivity index (χ4n) is 1.52. The minimum atomic E-state index is 0.812. The summed E-state index contributed by atoms with van der Waals surface area (Å²) in [4.78, 5) is 0. The van der Waals surface area contributed by atoms with Gasteiger partial charge in [-0.3, -0.25) is 0 Å². The molecule has 84 valence electrons. The van der Waals surface area contributed by atoms with Gasteiger partial charge in [-0.15, -0.1) is 6.58 Å². The SMILES string of the molecule is C=CC/C=C\C=C(/CC)c1cccc(N)c1. The summed E-state index contributed by atoms with van der Waals surface area (Å²) in [6.45, 7) is 5.83. The first kappa shape index (κ1) is 12.3. The van der Waals surface area contributed by atoms with Crippen molar-refractivity contribution in [2.24, 2.45) is 0 Å². The monoisotopic (exact) mass is 213 g/mol. The number of nitrogen functional groups attached to an aromatic ring is 1. The third kappa shape index (κ3) is 3.77. The van der Waals surface area contributed by atoms with E-state index in [1.54, 1.807) is 0 Å². The molecule has 16 heavy (non-hydrogen) atoms. The third-order valence-electron chi connectivity index (χ3n) is 2.37. The molecule has 0 bridgehead atoms. The van der Waals surface area contributed by atoms with E-state index in [4.69, 9.17) is 5.73 Å². The van der Waals surface area contributed by atoms with E-state index in [-0.39, 0.29) is 0 Å². The van der Waals surface area contributed by atoms with Crippen LogP contribution in [0.15, 0.2) is 55.1 Å². The van der Waals surface area contributed by atoms with Gasteiger partial charge in [-0.25, -0.2) is 0 Å². The fourth-order valence-corrected chi connectivity index (χ4v) is 1.52. The number of hydrogen-bond acceptors (Lipinski definition) is 1. The van der Waals surface area contributed by atoms with E-state index >= 15 is 0 Å². The summed E-state index contributed by atoms with van der Waals surface area (Å²) in [6.07, 6.45) is 10.1. The number of anilines is 1. The molecule has 0 heterocycles. The van der Waals surface area contributed by atoms with Crippen molar-refractivity contribution < 1.29 is 0 Å². The van der Waals surface area contributed by atoms with Gasteiger partial charge in [-0.1, -0.05) is 43.4 Å². The minimum absolute atomic E-state index is 0.812. The van der Waals surface area contributed by atoms with Gasteiger partial charge in [-0.2, -0.15) is 0 Å². The Morgan fingerprint density at radius 3 is 2.88 bits per heavy atom. The molecule has 0 fully saturated rings. The Morgan fingerprint density at radius 1 is 1.44 bits per heavy atom. The van der Waals surface area contributed by atoms with Crippen molar-refractivity contribution in [3.05, 3.63) is 60.7 Å². The van der Waals surface area contributed by atoms with E-state index in [0.717, 1.165) is 18.5 Å². The summed E-state index contributed by atoms with van der Waals surface area (Å²) in [5, 5.41) is 0. The van der Waals surface area contributed by atoms with E-state index < -0.39 is 0 Å². The zero-order valence-corrected chi connectivity index (χ0v) is 9.82. The molecule has 0 aliphatic carbocycles. The number of benzene rings is 1. The van der Waals surface area contributed by atoms with Crippen LogP contribution in [0.4, 0.5) is 5.69 Å². The lowest BCUT2D eigenvalue weighted by atomic mass is 10.0. The van der Waals surface area contributed by atoms with Gasteiger partial charge in [0.15, 0.2) is 0 Å². The van der Waals surface area contributed by atoms with E-state index in [2.05, 4.69) is 37.8 Å². The maximum absolute atomic E-state index is 5.77. The van der Waals surface area contributed by atoms with Crippen LogP contribution in [0.3, 0.4) is 0 Å². The maximum Gasteiger partial charge on any atom is 0.0320 e. The second kappa shape index (κ2) is 6.67. The Balaban J connectivity index is 2.85. The summed E-state index contributed by atoms with van der Waals surface area (Å²) >= 11 is 0. The Kier molecular flexibility index (Phi) is 5.13. The van der Waals surface area contributed by atoms with E-state index in [1.807, 2.05) is 24.3 Å². The topological polar surface area (TPSA) is 26.0 Å². The van der Waals surface area contributed by atoms with Gasteiger partial charge in [0, 0.05) is 5.69 Å². The molecule has 0 spiro atoms. The van der Waals surface area contributed by atoms with Crippen molar-refractivity contribution in [3.63, 3.8) is 0 Å². The lowest BCUT2D eigenvalue weighted by Crippen LogP contribution is -1.87. The van der Waals surface area contributed by atoms with Crippen molar-refractivity contribution >= 4 is 11.3 Å². The third-order valence-corrected chi connectivity index (χ3v) is 2.37. The summed E-state index contributed by atoms with van der Waals surface area (Å²) in [5.74, 6) is 0. The summed E-state index contributed by atoms with van der Waals surface area (Å²) in [5.41, 5.74) is 9.08. The molecule has 1 rings (SSSR count). The standard InChI is InChI=1S/C15H19N/c1-3-5-6-7-9-13(4-2)14-10-8-11-15(16)12-14/h3,6-12H,1,4-5,16H2,2H3/b7-6-,13-9+. The first-order chi connectivity index (χ1) is 7.77. The zero-order chi connectivity index (χ0) is 11.8. The molecule has 0 atom stereocenters. The predicted molar refractivity (Wildman–Crippen MR) is 73.1 cm³/mol. The molecule has 0 amide bonds. The highest BCUT2D eigenvalue weighted by atomic mass is 14.5. The van der Waals surface area contributed by atoms with Crippen LogP contribution in [0.25, 0.3) is 5.57 Å². The average molecular weight is 213 g/mol. The molecule has 0 aliphatic rings. The van der Waals surface area contributed by atoms with Crippen LogP contribution in [-0.2, 0) is 0 Å². The number of hydrogen-bond donors (Lipinski definition) is 1. The molecule has 0 radical (unpaired) electrons. The molecule has 1 aromatic rings. The van der Waals surface area contributed by atoms with E-state index in [9.17, 15) is 0 Å². The maximum atomic E-state index is 5.77. The number of rotatable bonds is 5. The van der Waals surface area contributed by atoms with Crippen LogP contribution in [0.2, 0.25) is 0 Å². The van der Waals surface area contributed by atoms with Crippen LogP contribution in [-0.4, -0.2) is 0 Å². The predicted octanol–water partition coefficient (Wildman–Crippen LogP) is 4.19. The quantitative estimate of drug-likeness (QED) is 0.443. The van der Waals surface area contributed by atoms with E-state index in [1.165, 1.54) is 11.1 Å². The average Bonchev–Trinajstić information content (AvgIpc) is 2.29. The largest absolute Gasteiger partial charge is 0.399 e. The smallest absolute Gasteiger partial charge is 0.0320 e. The molecule has 0 unspecified atom stereocenters. The van der Waals surface area contributed by atoms with Crippen LogP contribution in [0, 0.1) is 0 Å². The van der Waals surface area contributed by atoms with Crippen LogP contribution in [0.1, 0.15) is 25.3 Å². The van der Waals surface area contributed by atoms with Crippen LogP contribution >= 0.6 is 0 Å². The van der Waals surface area contributed by atoms with Crippen LogP contribution in [0.5, 0.6) is 0 Å². The van der Waals surface area contributed by atoms with Gasteiger partial charge in [-0.05, 0) is 36.1 Å². The Labute approximate surface area is 98.0 Å². The van der Waals surface area contributed by atoms with Crippen LogP contribution < -0.4 is 5.73 Å². The van der Waals surface area contributed by atoms with Gasteiger partial charge in [0.25, 0.3) is 0 Å². The highest BCUT2D eigenvalue weighted by Gasteiger charge is 1.97. The molecule has 1 nitrogen and oxygen atoms in total. The summed E-state index contributed by atoms with van der Waals surface area (Å²) in [7, 11) is 0. The summed E-state index contributed by atoms with van der Waals surface area (Å²) in [6, 6.07) is 8.00. The Bertz CT molecular complexity index is 400. The van der Waals surface area contributed by atoms with Crippen molar-refractivity contribution in [3.8, 4) is 0 Å². The van der Waals surface area contributed by atoms with Crippen molar-refractivity contribution in [2.75, 3.05) is 5.73 Å². The fraction of sp³-hybridized carbons (Fsp3) is 0.200. The normalized spacial score (nSPS) is 11.9. The van der Waals surface area contributed by atoms with Gasteiger partial charge in [0.05, 0.1) is 0 Å². The lowest BCUT2D eigenvalue weighted by molar-refractivity contribution is 1.24. The molecule has 1 heteroatoms. The minimum Gasteiger partial charge on any atom is -0.399 e. The van der Waals surface area contributed by atoms with Gasteiger partial charge in [0.2, 0.25) is 0 Å². The molecular weight excluding hydrogens is 194 g/mol. The highest BCUT2D eigenvalue weighted by Crippen LogP contribution is 2.20.